The highest BCUT2D eigenvalue weighted by Crippen LogP contribution is 2.47. The molecule has 2 heterocycles. The Morgan fingerprint density at radius 3 is 1.59 bits per heavy atom. The van der Waals surface area contributed by atoms with E-state index in [4.69, 9.17) is 8.83 Å². The Bertz CT molecular complexity index is 3440. The zero-order chi connectivity index (χ0) is 35.3. The van der Waals surface area contributed by atoms with Crippen molar-refractivity contribution in [3.8, 4) is 33.4 Å². The van der Waals surface area contributed by atoms with E-state index in [1.807, 2.05) is 12.1 Å². The van der Waals surface area contributed by atoms with Crippen molar-refractivity contribution in [2.24, 2.45) is 0 Å². The maximum atomic E-state index is 6.68. The Labute approximate surface area is 310 Å². The summed E-state index contributed by atoms with van der Waals surface area (Å²) in [6.07, 6.45) is 0. The van der Waals surface area contributed by atoms with Gasteiger partial charge in [0.05, 0.1) is 0 Å². The summed E-state index contributed by atoms with van der Waals surface area (Å²) in [7, 11) is 0. The molecule has 250 valence electrons. The van der Waals surface area contributed by atoms with Gasteiger partial charge >= 0.3 is 0 Å². The molecule has 0 aliphatic heterocycles. The van der Waals surface area contributed by atoms with Crippen LogP contribution in [0, 0.1) is 0 Å². The highest BCUT2D eigenvalue weighted by molar-refractivity contribution is 6.26. The molecule has 2 heteroatoms. The number of hydrogen-bond acceptors (Lipinski definition) is 2. The van der Waals surface area contributed by atoms with Crippen molar-refractivity contribution < 1.29 is 8.83 Å². The van der Waals surface area contributed by atoms with Gasteiger partial charge in [-0.25, -0.2) is 0 Å². The minimum Gasteiger partial charge on any atom is -0.456 e. The third-order valence-electron chi connectivity index (χ3n) is 11.4. The van der Waals surface area contributed by atoms with Gasteiger partial charge in [0.25, 0.3) is 0 Å². The molecule has 0 saturated heterocycles. The summed E-state index contributed by atoms with van der Waals surface area (Å²) < 4.78 is 12.9. The Kier molecular flexibility index (Phi) is 6.09. The van der Waals surface area contributed by atoms with Gasteiger partial charge in [-0.3, -0.25) is 0 Å². The summed E-state index contributed by atoms with van der Waals surface area (Å²) in [4.78, 5) is 0. The number of benzene rings is 10. The quantitative estimate of drug-likeness (QED) is 0.173. The lowest BCUT2D eigenvalue weighted by Gasteiger charge is -2.19. The van der Waals surface area contributed by atoms with Crippen LogP contribution in [0.5, 0.6) is 0 Å². The second-order valence-electron chi connectivity index (χ2n) is 14.3. The Morgan fingerprint density at radius 2 is 0.815 bits per heavy atom. The summed E-state index contributed by atoms with van der Waals surface area (Å²) in [5, 5.41) is 14.3. The molecule has 0 amide bonds. The molecule has 2 nitrogen and oxygen atoms in total. The second-order valence-corrected chi connectivity index (χ2v) is 14.3. The van der Waals surface area contributed by atoms with Crippen molar-refractivity contribution in [3.05, 3.63) is 182 Å². The molecule has 0 fully saturated rings. The van der Waals surface area contributed by atoms with Gasteiger partial charge < -0.3 is 8.83 Å². The summed E-state index contributed by atoms with van der Waals surface area (Å²) in [6, 6.07) is 65.7. The lowest BCUT2D eigenvalue weighted by molar-refractivity contribution is 0.656. The third-order valence-corrected chi connectivity index (χ3v) is 11.4. The molecule has 0 radical (unpaired) electrons. The van der Waals surface area contributed by atoms with Crippen LogP contribution in [-0.2, 0) is 0 Å². The van der Waals surface area contributed by atoms with Gasteiger partial charge in [-0.2, -0.15) is 0 Å². The van der Waals surface area contributed by atoms with Crippen LogP contribution in [0.2, 0.25) is 0 Å². The fourth-order valence-corrected chi connectivity index (χ4v) is 9.11. The largest absolute Gasteiger partial charge is 0.456 e. The molecule has 0 aliphatic carbocycles. The highest BCUT2D eigenvalue weighted by atomic mass is 16.3. The normalized spacial score (nSPS) is 12.1. The molecule has 10 aromatic carbocycles. The number of para-hydroxylation sites is 1. The van der Waals surface area contributed by atoms with Crippen LogP contribution >= 0.6 is 0 Å². The number of rotatable bonds is 3. The Morgan fingerprint density at radius 1 is 0.259 bits per heavy atom. The van der Waals surface area contributed by atoms with Crippen molar-refractivity contribution in [2.45, 2.75) is 0 Å². The van der Waals surface area contributed by atoms with Crippen LogP contribution in [0.1, 0.15) is 0 Å². The Balaban J connectivity index is 1.10. The van der Waals surface area contributed by atoms with Crippen LogP contribution in [0.15, 0.2) is 191 Å². The Hall–Kier alpha value is -7.16. The van der Waals surface area contributed by atoms with E-state index < -0.39 is 0 Å². The molecule has 2 aromatic heterocycles. The second kappa shape index (κ2) is 11.2. The monoisotopic (exact) mass is 686 g/mol. The smallest absolute Gasteiger partial charge is 0.139 e. The average molecular weight is 687 g/mol. The molecule has 54 heavy (non-hydrogen) atoms. The minimum atomic E-state index is 0.830. The van der Waals surface area contributed by atoms with Gasteiger partial charge in [0.1, 0.15) is 22.3 Å². The average Bonchev–Trinajstić information content (AvgIpc) is 3.78. The van der Waals surface area contributed by atoms with E-state index in [0.717, 1.165) is 55.0 Å². The topological polar surface area (TPSA) is 26.3 Å². The zero-order valence-corrected chi connectivity index (χ0v) is 29.1. The van der Waals surface area contributed by atoms with Crippen LogP contribution in [0.25, 0.3) is 120 Å². The molecule has 12 aromatic rings. The first-order valence-corrected chi connectivity index (χ1v) is 18.5. The first kappa shape index (κ1) is 29.4. The van der Waals surface area contributed by atoms with Crippen molar-refractivity contribution in [3.63, 3.8) is 0 Å². The van der Waals surface area contributed by atoms with Crippen LogP contribution in [0.3, 0.4) is 0 Å². The fraction of sp³-hybridized carbons (Fsp3) is 0. The summed E-state index contributed by atoms with van der Waals surface area (Å²) in [6.45, 7) is 0. The minimum absolute atomic E-state index is 0.830. The van der Waals surface area contributed by atoms with Crippen molar-refractivity contribution in [1.29, 1.82) is 0 Å². The lowest BCUT2D eigenvalue weighted by atomic mass is 9.84. The van der Waals surface area contributed by atoms with Crippen molar-refractivity contribution in [2.75, 3.05) is 0 Å². The predicted octanol–water partition coefficient (Wildman–Crippen LogP) is 15.1. The van der Waals surface area contributed by atoms with Crippen molar-refractivity contribution >= 4 is 87.0 Å². The number of hydrogen-bond donors (Lipinski definition) is 0. The van der Waals surface area contributed by atoms with E-state index in [2.05, 4.69) is 170 Å². The summed E-state index contributed by atoms with van der Waals surface area (Å²) >= 11 is 0. The standard InChI is InChI=1S/C52H30O2/c1-2-17-34-31(13-1)14-12-25-37(34)51-41-23-7-5-21-39(41)50(40-22-6-8-24-42(40)51)33-16-11-15-32(27-33)43-29-49-52(38-20-4-3-18-35(38)43)45-28-44-36-19-9-10-26-46(36)53-47(44)30-48(45)54-49/h1-30H. The fourth-order valence-electron chi connectivity index (χ4n) is 9.11. The molecule has 0 saturated carbocycles. The van der Waals surface area contributed by atoms with Gasteiger partial charge in [-0.1, -0.05) is 152 Å². The molecule has 12 rings (SSSR count). The summed E-state index contributed by atoms with van der Waals surface area (Å²) in [5.41, 5.74) is 10.7. The third kappa shape index (κ3) is 4.17. The van der Waals surface area contributed by atoms with E-state index >= 15 is 0 Å². The van der Waals surface area contributed by atoms with E-state index in [9.17, 15) is 0 Å². The lowest BCUT2D eigenvalue weighted by Crippen LogP contribution is -1.92. The maximum absolute atomic E-state index is 6.68. The van der Waals surface area contributed by atoms with Crippen LogP contribution in [-0.4, -0.2) is 0 Å². The maximum Gasteiger partial charge on any atom is 0.139 e. The van der Waals surface area contributed by atoms with Gasteiger partial charge in [-0.15, -0.1) is 0 Å². The highest BCUT2D eigenvalue weighted by Gasteiger charge is 2.20. The molecular weight excluding hydrogens is 657 g/mol. The predicted molar refractivity (Wildman–Crippen MR) is 227 cm³/mol. The first-order chi connectivity index (χ1) is 26.8. The molecule has 0 N–H and O–H groups in total. The molecule has 0 bridgehead atoms. The van der Waals surface area contributed by atoms with Crippen molar-refractivity contribution in [1.82, 2.24) is 0 Å². The number of furan rings is 2. The zero-order valence-electron chi connectivity index (χ0n) is 29.1. The summed E-state index contributed by atoms with van der Waals surface area (Å²) in [5.74, 6) is 0. The number of fused-ring (bicyclic) bond motifs is 11. The van der Waals surface area contributed by atoms with E-state index in [1.54, 1.807) is 0 Å². The SMILES string of the molecule is c1cc(-c2c3ccccc3c(-c3cccc4ccccc34)c3ccccc23)cc(-c2cc3oc4cc5oc6ccccc6c5cc4c3c3ccccc23)c1. The van der Waals surface area contributed by atoms with Gasteiger partial charge in [0.15, 0.2) is 0 Å². The van der Waals surface area contributed by atoms with E-state index in [-0.39, 0.29) is 0 Å². The van der Waals surface area contributed by atoms with Gasteiger partial charge in [0.2, 0.25) is 0 Å². The molecule has 0 atom stereocenters. The first-order valence-electron chi connectivity index (χ1n) is 18.5. The molecule has 0 aliphatic rings. The molecule has 0 unspecified atom stereocenters. The van der Waals surface area contributed by atoms with Crippen LogP contribution in [0.4, 0.5) is 0 Å². The molecule has 0 spiro atoms. The molecular formula is C52H30O2. The van der Waals surface area contributed by atoms with Gasteiger partial charge in [0, 0.05) is 27.6 Å². The van der Waals surface area contributed by atoms with E-state index in [1.165, 1.54) is 65.3 Å². The van der Waals surface area contributed by atoms with E-state index in [0.29, 0.717) is 0 Å². The van der Waals surface area contributed by atoms with Gasteiger partial charge in [-0.05, 0) is 101 Å². The van der Waals surface area contributed by atoms with Crippen LogP contribution < -0.4 is 0 Å².